The summed E-state index contributed by atoms with van der Waals surface area (Å²) in [4.78, 5) is 60.8. The van der Waals surface area contributed by atoms with Gasteiger partial charge in [0.2, 0.25) is 23.6 Å². The zero-order chi connectivity index (χ0) is 31.8. The third-order valence-corrected chi connectivity index (χ3v) is 10.1. The fourth-order valence-electron chi connectivity index (χ4n) is 7.34. The number of nitrogens with two attached hydrogens (primary N) is 1. The Kier molecular flexibility index (Phi) is 8.18. The van der Waals surface area contributed by atoms with Crippen LogP contribution in [0.1, 0.15) is 60.9 Å². The number of carbonyl (C=O) groups excluding carboxylic acids is 4. The van der Waals surface area contributed by atoms with Crippen molar-refractivity contribution in [3.63, 3.8) is 0 Å². The highest BCUT2D eigenvalue weighted by atomic mass is 16.2. The number of nitrogens with zero attached hydrogens (tertiary/aromatic N) is 3. The van der Waals surface area contributed by atoms with Crippen molar-refractivity contribution in [1.82, 2.24) is 14.8 Å². The number of rotatable bonds is 8. The Morgan fingerprint density at radius 3 is 2.47 bits per heavy atom. The van der Waals surface area contributed by atoms with Crippen molar-refractivity contribution in [3.05, 3.63) is 88.6 Å². The number of benzene rings is 2. The summed E-state index contributed by atoms with van der Waals surface area (Å²) >= 11 is 0. The van der Waals surface area contributed by atoms with E-state index in [2.05, 4.69) is 15.6 Å². The maximum absolute atomic E-state index is 14.3. The van der Waals surface area contributed by atoms with E-state index >= 15 is 0 Å². The van der Waals surface area contributed by atoms with Crippen LogP contribution in [0.5, 0.6) is 0 Å². The van der Waals surface area contributed by atoms with Crippen LogP contribution in [-0.4, -0.2) is 58.0 Å². The minimum Gasteiger partial charge on any atom is -0.343 e. The van der Waals surface area contributed by atoms with E-state index in [0.29, 0.717) is 63.2 Å². The van der Waals surface area contributed by atoms with Gasteiger partial charge in [0.15, 0.2) is 0 Å². The maximum atomic E-state index is 14.3. The molecule has 45 heavy (non-hydrogen) atoms. The quantitative estimate of drug-likeness (QED) is 0.358. The van der Waals surface area contributed by atoms with E-state index in [0.717, 1.165) is 27.8 Å². The molecule has 2 aromatic carbocycles. The maximum Gasteiger partial charge on any atom is 0.244 e. The van der Waals surface area contributed by atoms with Crippen LogP contribution in [0.15, 0.2) is 60.8 Å². The van der Waals surface area contributed by atoms with Gasteiger partial charge in [0.1, 0.15) is 12.4 Å². The summed E-state index contributed by atoms with van der Waals surface area (Å²) in [6, 6.07) is 17.3. The molecule has 1 atom stereocenters. The van der Waals surface area contributed by atoms with Crippen molar-refractivity contribution in [3.8, 4) is 0 Å². The second kappa shape index (κ2) is 12.1. The van der Waals surface area contributed by atoms with E-state index in [1.165, 1.54) is 0 Å². The first-order valence-electron chi connectivity index (χ1n) is 15.7. The summed E-state index contributed by atoms with van der Waals surface area (Å²) in [5, 5.41) is 5.94. The normalized spacial score (nSPS) is 19.5. The predicted octanol–water partition coefficient (Wildman–Crippen LogP) is 3.54. The van der Waals surface area contributed by atoms with Gasteiger partial charge in [0, 0.05) is 50.6 Å². The largest absolute Gasteiger partial charge is 0.343 e. The molecule has 0 saturated carbocycles. The van der Waals surface area contributed by atoms with Crippen LogP contribution < -0.4 is 16.4 Å². The van der Waals surface area contributed by atoms with Gasteiger partial charge in [0.25, 0.3) is 0 Å². The van der Waals surface area contributed by atoms with Crippen LogP contribution in [0.4, 0.5) is 11.5 Å². The lowest BCUT2D eigenvalue weighted by atomic mass is 9.74. The summed E-state index contributed by atoms with van der Waals surface area (Å²) in [6.07, 6.45) is 4.49. The first-order valence-corrected chi connectivity index (χ1v) is 15.7. The fraction of sp³-hybridized carbons (Fsp3) is 0.400. The van der Waals surface area contributed by atoms with Crippen LogP contribution in [0, 0.1) is 5.41 Å². The summed E-state index contributed by atoms with van der Waals surface area (Å²) in [5.74, 6) is 0.188. The molecule has 1 aliphatic carbocycles. The van der Waals surface area contributed by atoms with E-state index in [-0.39, 0.29) is 36.7 Å². The number of carbonyl (C=O) groups is 4. The van der Waals surface area contributed by atoms with Crippen LogP contribution in [0.25, 0.3) is 0 Å². The highest BCUT2D eigenvalue weighted by Gasteiger charge is 2.51. The number of hydrogen-bond acceptors (Lipinski definition) is 6. The van der Waals surface area contributed by atoms with E-state index in [1.807, 2.05) is 61.5 Å². The Bertz CT molecular complexity index is 1660. The molecule has 3 aromatic rings. The van der Waals surface area contributed by atoms with Crippen molar-refractivity contribution in [2.45, 2.75) is 64.5 Å². The topological polar surface area (TPSA) is 138 Å². The van der Waals surface area contributed by atoms with Gasteiger partial charge < -0.3 is 26.2 Å². The Morgan fingerprint density at radius 1 is 1.02 bits per heavy atom. The van der Waals surface area contributed by atoms with E-state index in [1.54, 1.807) is 22.9 Å². The Balaban J connectivity index is 1.21. The van der Waals surface area contributed by atoms with Gasteiger partial charge in [0.05, 0.1) is 10.8 Å². The molecule has 1 saturated heterocycles. The lowest BCUT2D eigenvalue weighted by molar-refractivity contribution is -0.150. The van der Waals surface area contributed by atoms with Gasteiger partial charge in [-0.1, -0.05) is 43.3 Å². The van der Waals surface area contributed by atoms with Gasteiger partial charge >= 0.3 is 0 Å². The average molecular weight is 609 g/mol. The fourth-order valence-corrected chi connectivity index (χ4v) is 7.34. The van der Waals surface area contributed by atoms with Crippen molar-refractivity contribution in [1.29, 1.82) is 0 Å². The highest BCUT2D eigenvalue weighted by Crippen LogP contribution is 2.47. The van der Waals surface area contributed by atoms with Gasteiger partial charge in [-0.05, 0) is 72.6 Å². The zero-order valence-electron chi connectivity index (χ0n) is 25.9. The molecule has 234 valence electrons. The molecule has 3 heterocycles. The molecular formula is C35H40N6O4. The van der Waals surface area contributed by atoms with Crippen LogP contribution in [0.3, 0.4) is 0 Å². The number of likely N-dealkylation sites (tertiary alicyclic amines) is 1. The lowest BCUT2D eigenvalue weighted by Gasteiger charge is -2.42. The minimum absolute atomic E-state index is 0.00922. The molecule has 4 amide bonds. The number of piperidine rings is 1. The van der Waals surface area contributed by atoms with Gasteiger partial charge in [-0.25, -0.2) is 4.98 Å². The summed E-state index contributed by atoms with van der Waals surface area (Å²) < 4.78 is 0. The van der Waals surface area contributed by atoms with E-state index in [4.69, 9.17) is 5.73 Å². The molecule has 0 bridgehead atoms. The summed E-state index contributed by atoms with van der Waals surface area (Å²) in [6.45, 7) is 5.05. The third kappa shape index (κ3) is 5.59. The van der Waals surface area contributed by atoms with E-state index in [9.17, 15) is 19.2 Å². The molecule has 0 unspecified atom stereocenters. The summed E-state index contributed by atoms with van der Waals surface area (Å²) in [5.41, 5.74) is 10.1. The average Bonchev–Trinajstić information content (AvgIpc) is 3.56. The number of pyridine rings is 1. The van der Waals surface area contributed by atoms with Gasteiger partial charge in [-0.3, -0.25) is 19.2 Å². The summed E-state index contributed by atoms with van der Waals surface area (Å²) in [7, 11) is 0. The van der Waals surface area contributed by atoms with Crippen molar-refractivity contribution in [2.75, 3.05) is 30.3 Å². The zero-order valence-corrected chi connectivity index (χ0v) is 25.9. The first-order chi connectivity index (χ1) is 21.7. The lowest BCUT2D eigenvalue weighted by Crippen LogP contribution is -2.52. The molecule has 1 aromatic heterocycles. The van der Waals surface area contributed by atoms with Crippen molar-refractivity contribution >= 4 is 35.1 Å². The Morgan fingerprint density at radius 2 is 1.76 bits per heavy atom. The predicted molar refractivity (Wildman–Crippen MR) is 171 cm³/mol. The second-order valence-electron chi connectivity index (χ2n) is 12.6. The molecule has 3 aliphatic rings. The standard InChI is InChI=1S/C35H40N6O4/c1-3-34(12-15-40(16-13-34)23(2)42)33(45)41(21-26-8-5-4-7-25(26)20-36)22-30(43)38-28-11-10-24-18-35(19-27(24)17-28)29-9-6-14-37-31(29)39-32(35)44/h4-11,14,17H,3,12-13,15-16,18-22,36H2,1-2H3,(H,38,43)(H,37,39,44)/t35-/m1/s1. The number of amides is 4. The molecule has 4 N–H and O–H groups in total. The Labute approximate surface area is 263 Å². The molecule has 2 aliphatic heterocycles. The molecule has 6 rings (SSSR count). The number of anilines is 2. The van der Waals surface area contributed by atoms with Gasteiger partial charge in [-0.2, -0.15) is 0 Å². The van der Waals surface area contributed by atoms with Crippen LogP contribution in [-0.2, 0) is 50.5 Å². The SMILES string of the molecule is CCC1(C(=O)N(CC(=O)Nc2ccc3c(c2)C[C@@]2(C3)C(=O)Nc3ncccc32)Cc2ccccc2CN)CCN(C(C)=O)CC1. The van der Waals surface area contributed by atoms with Crippen LogP contribution >= 0.6 is 0 Å². The minimum atomic E-state index is -0.694. The number of aromatic nitrogens is 1. The molecule has 1 spiro atoms. The molecular weight excluding hydrogens is 568 g/mol. The molecule has 10 heteroatoms. The van der Waals surface area contributed by atoms with Crippen molar-refractivity contribution in [2.24, 2.45) is 11.1 Å². The highest BCUT2D eigenvalue weighted by molar-refractivity contribution is 6.06. The Hall–Kier alpha value is -4.57. The molecule has 10 nitrogen and oxygen atoms in total. The second-order valence-corrected chi connectivity index (χ2v) is 12.6. The molecule has 1 fully saturated rings. The number of fused-ring (bicyclic) bond motifs is 3. The van der Waals surface area contributed by atoms with Crippen molar-refractivity contribution < 1.29 is 19.2 Å². The van der Waals surface area contributed by atoms with Gasteiger partial charge in [-0.15, -0.1) is 0 Å². The monoisotopic (exact) mass is 608 g/mol. The molecule has 0 radical (unpaired) electrons. The number of hydrogen-bond donors (Lipinski definition) is 3. The first kappa shape index (κ1) is 30.5. The smallest absolute Gasteiger partial charge is 0.244 e. The van der Waals surface area contributed by atoms with Crippen LogP contribution in [0.2, 0.25) is 0 Å². The third-order valence-electron chi connectivity index (χ3n) is 10.1. The number of nitrogens with one attached hydrogen (secondary N) is 2. The van der Waals surface area contributed by atoms with E-state index < -0.39 is 10.8 Å².